The SMILES string of the molecule is C=I1(C(C)[I-]CC)CCC(I2CCC3(CC2)CN(c2ccccn2)c2ccc(F)cc23)CC1. The molecule has 4 heterocycles. The third-order valence-corrected chi connectivity index (χ3v) is 35.7. The Balaban J connectivity index is 1.29. The zero-order valence-electron chi connectivity index (χ0n) is 19.9. The summed E-state index contributed by atoms with van der Waals surface area (Å²) in [4.78, 5) is 6.98. The first kappa shape index (κ1) is 24.8. The van der Waals surface area contributed by atoms with E-state index >= 15 is 0 Å². The molecule has 1 atom stereocenters. The van der Waals surface area contributed by atoms with Gasteiger partial charge in [0.05, 0.1) is 0 Å². The van der Waals surface area contributed by atoms with Crippen molar-refractivity contribution < 1.29 is 25.6 Å². The molecule has 3 aliphatic rings. The molecule has 2 saturated heterocycles. The summed E-state index contributed by atoms with van der Waals surface area (Å²) in [6.07, 6.45) is 7.40. The van der Waals surface area contributed by atoms with Crippen LogP contribution in [0.15, 0.2) is 42.6 Å². The Kier molecular flexibility index (Phi) is 7.72. The van der Waals surface area contributed by atoms with Crippen LogP contribution in [-0.2, 0) is 5.41 Å². The van der Waals surface area contributed by atoms with Crippen LogP contribution in [0.4, 0.5) is 15.9 Å². The number of rotatable bonds is 5. The summed E-state index contributed by atoms with van der Waals surface area (Å²) in [6, 6.07) is 11.6. The molecule has 5 rings (SSSR count). The van der Waals surface area contributed by atoms with E-state index < -0.39 is 37.8 Å². The van der Waals surface area contributed by atoms with Gasteiger partial charge >= 0.3 is 223 Å². The molecular formula is C27H37FI3N2-. The van der Waals surface area contributed by atoms with E-state index in [4.69, 9.17) is 4.51 Å². The summed E-state index contributed by atoms with van der Waals surface area (Å²) >= 11 is -2.25. The number of nitrogens with zero attached hydrogens (tertiary/aromatic N) is 2. The Hall–Kier alpha value is 0.160. The fraction of sp³-hybridized carbons (Fsp3) is 0.556. The quantitative estimate of drug-likeness (QED) is 0.337. The first-order chi connectivity index (χ1) is 15.9. The molecule has 1 aromatic heterocycles. The van der Waals surface area contributed by atoms with Crippen molar-refractivity contribution >= 4 is 53.8 Å². The van der Waals surface area contributed by atoms with E-state index in [1.165, 1.54) is 50.2 Å². The van der Waals surface area contributed by atoms with Gasteiger partial charge in [-0.2, -0.15) is 0 Å². The molecule has 33 heavy (non-hydrogen) atoms. The Morgan fingerprint density at radius 3 is 2.67 bits per heavy atom. The third-order valence-electron chi connectivity index (χ3n) is 7.88. The molecule has 2 aromatic rings. The molecule has 1 spiro atoms. The fourth-order valence-electron chi connectivity index (χ4n) is 5.78. The van der Waals surface area contributed by atoms with Gasteiger partial charge in [0.1, 0.15) is 0 Å². The number of aromatic nitrogens is 1. The van der Waals surface area contributed by atoms with Crippen molar-refractivity contribution in [1.29, 1.82) is 0 Å². The van der Waals surface area contributed by atoms with Crippen molar-refractivity contribution in [2.45, 2.75) is 50.8 Å². The second kappa shape index (κ2) is 10.3. The Morgan fingerprint density at radius 2 is 2.00 bits per heavy atom. The predicted molar refractivity (Wildman–Crippen MR) is 156 cm³/mol. The molecule has 2 fully saturated rings. The standard InChI is InChI=1S/C27H37FI3N2/c1-4-29-21(2)31(3)16-10-23(11-17-31)30-14-12-27(13-15-30)20-33(26-7-5-6-18-32-26)25-9-8-22(28)19-24(25)27/h5-9,18-19,21,23H,3-4,10-17,20H2,1-2H3/q-1. The van der Waals surface area contributed by atoms with Gasteiger partial charge in [-0.1, -0.05) is 0 Å². The van der Waals surface area contributed by atoms with Crippen molar-refractivity contribution in [3.05, 3.63) is 54.0 Å². The van der Waals surface area contributed by atoms with Crippen LogP contribution in [0.3, 0.4) is 0 Å². The monoisotopic (exact) mass is 789 g/mol. The summed E-state index contributed by atoms with van der Waals surface area (Å²) in [5.74, 6) is 0.907. The summed E-state index contributed by atoms with van der Waals surface area (Å²) in [5, 5.41) is 0. The van der Waals surface area contributed by atoms with E-state index in [9.17, 15) is 4.39 Å². The average molecular weight is 789 g/mol. The molecule has 1 unspecified atom stereocenters. The minimum absolute atomic E-state index is 0.0913. The Morgan fingerprint density at radius 1 is 1.24 bits per heavy atom. The van der Waals surface area contributed by atoms with Crippen LogP contribution in [0.25, 0.3) is 0 Å². The Bertz CT molecular complexity index is 1010. The average Bonchev–Trinajstić information content (AvgIpc) is 3.14. The molecule has 0 radical (unpaired) electrons. The summed E-state index contributed by atoms with van der Waals surface area (Å²) in [6.45, 7) is 5.91. The van der Waals surface area contributed by atoms with Crippen LogP contribution in [0.5, 0.6) is 0 Å². The number of hydrogen-bond donors (Lipinski definition) is 0. The predicted octanol–water partition coefficient (Wildman–Crippen LogP) is 4.00. The number of hydrogen-bond acceptors (Lipinski definition) is 2. The van der Waals surface area contributed by atoms with Crippen molar-refractivity contribution in [2.24, 2.45) is 0 Å². The van der Waals surface area contributed by atoms with Crippen molar-refractivity contribution in [3.8, 4) is 0 Å². The van der Waals surface area contributed by atoms with E-state index in [2.05, 4.69) is 35.9 Å². The van der Waals surface area contributed by atoms with Gasteiger partial charge in [-0.15, -0.1) is 0 Å². The first-order valence-electron chi connectivity index (χ1n) is 12.1. The molecule has 3 aliphatic heterocycles. The van der Waals surface area contributed by atoms with Crippen LogP contribution in [-0.4, -0.2) is 44.0 Å². The van der Waals surface area contributed by atoms with Crippen molar-refractivity contribution in [2.75, 3.05) is 33.6 Å². The van der Waals surface area contributed by atoms with Crippen LogP contribution in [0.1, 0.15) is 45.1 Å². The maximum atomic E-state index is 14.4. The number of anilines is 2. The van der Waals surface area contributed by atoms with E-state index in [1.807, 2.05) is 24.4 Å². The molecule has 0 saturated carbocycles. The molecular weight excluding hydrogens is 752 g/mol. The van der Waals surface area contributed by atoms with Crippen LogP contribution in [0.2, 0.25) is 0 Å². The Labute approximate surface area is 220 Å². The molecule has 6 heteroatoms. The van der Waals surface area contributed by atoms with Gasteiger partial charge in [0.15, 0.2) is 0 Å². The minimum atomic E-state index is -1.70. The second-order valence-corrected chi connectivity index (χ2v) is 32.9. The van der Waals surface area contributed by atoms with Gasteiger partial charge in [0.2, 0.25) is 0 Å². The normalized spacial score (nSPS) is 30.7. The second-order valence-electron chi connectivity index (χ2n) is 9.61. The van der Waals surface area contributed by atoms with Crippen LogP contribution < -0.4 is 26.1 Å². The van der Waals surface area contributed by atoms with E-state index in [1.54, 1.807) is 14.9 Å². The van der Waals surface area contributed by atoms with Gasteiger partial charge in [0.25, 0.3) is 0 Å². The van der Waals surface area contributed by atoms with Gasteiger partial charge < -0.3 is 0 Å². The number of benzene rings is 1. The van der Waals surface area contributed by atoms with Crippen LogP contribution in [0, 0.1) is 5.82 Å². The molecule has 0 bridgehead atoms. The van der Waals surface area contributed by atoms with E-state index in [0.29, 0.717) is 21.2 Å². The molecule has 0 aliphatic carbocycles. The number of halogens is 4. The molecule has 0 N–H and O–H groups in total. The van der Waals surface area contributed by atoms with Gasteiger partial charge in [-0.3, -0.25) is 0 Å². The third kappa shape index (κ3) is 4.91. The zero-order chi connectivity index (χ0) is 23.1. The van der Waals surface area contributed by atoms with Gasteiger partial charge in [-0.25, -0.2) is 0 Å². The summed E-state index contributed by atoms with van der Waals surface area (Å²) in [5.41, 5.74) is 2.54. The van der Waals surface area contributed by atoms with Crippen molar-refractivity contribution in [1.82, 2.24) is 4.98 Å². The number of pyridine rings is 1. The molecule has 2 nitrogen and oxygen atoms in total. The maximum absolute atomic E-state index is 14.4. The summed E-state index contributed by atoms with van der Waals surface area (Å²) < 4.78 is 28.8. The topological polar surface area (TPSA) is 16.1 Å². The fourth-order valence-corrected chi connectivity index (χ4v) is 34.6. The number of alkyl halides is 8. The zero-order valence-corrected chi connectivity index (χ0v) is 26.4. The van der Waals surface area contributed by atoms with Crippen LogP contribution >= 0.6 is 37.8 Å². The summed E-state index contributed by atoms with van der Waals surface area (Å²) in [7, 11) is 0. The van der Waals surface area contributed by atoms with Crippen molar-refractivity contribution in [3.63, 3.8) is 0 Å². The molecule has 0 amide bonds. The van der Waals surface area contributed by atoms with Gasteiger partial charge in [0, 0.05) is 0 Å². The molecule has 1 aromatic carbocycles. The van der Waals surface area contributed by atoms with E-state index in [-0.39, 0.29) is 11.2 Å². The molecule has 184 valence electrons. The number of fused-ring (bicyclic) bond motifs is 2. The first-order valence-corrected chi connectivity index (χ1v) is 25.0. The van der Waals surface area contributed by atoms with E-state index in [0.717, 1.165) is 18.2 Å². The van der Waals surface area contributed by atoms with Gasteiger partial charge in [-0.05, 0) is 0 Å².